The van der Waals surface area contributed by atoms with Crippen LogP contribution in [-0.2, 0) is 20.7 Å². The minimum atomic E-state index is -0.505. The molecule has 0 saturated carbocycles. The van der Waals surface area contributed by atoms with Gasteiger partial charge in [0.05, 0.1) is 24.7 Å². The van der Waals surface area contributed by atoms with Gasteiger partial charge in [-0.25, -0.2) is 4.79 Å². The van der Waals surface area contributed by atoms with Crippen LogP contribution in [0.25, 0.3) is 0 Å². The fourth-order valence-corrected chi connectivity index (χ4v) is 2.56. The molecule has 1 aliphatic heterocycles. The molecule has 0 bridgehead atoms. The molecule has 2 rings (SSSR count). The fraction of sp³-hybridized carbons (Fsp3) is 0.375. The molecule has 0 N–H and O–H groups in total. The van der Waals surface area contributed by atoms with Gasteiger partial charge < -0.3 is 9.47 Å². The first kappa shape index (κ1) is 14.3. The molecule has 1 fully saturated rings. The molecule has 1 aromatic carbocycles. The molecule has 20 heavy (non-hydrogen) atoms. The number of hydrogen-bond acceptors (Lipinski definition) is 4. The van der Waals surface area contributed by atoms with Crippen LogP contribution in [0.2, 0.25) is 0 Å². The first-order valence-corrected chi connectivity index (χ1v) is 6.57. The minimum Gasteiger partial charge on any atom is -0.465 e. The second kappa shape index (κ2) is 5.90. The zero-order valence-electron chi connectivity index (χ0n) is 11.6. The van der Waals surface area contributed by atoms with E-state index in [0.29, 0.717) is 31.4 Å². The van der Waals surface area contributed by atoms with E-state index in [1.165, 1.54) is 7.11 Å². The maximum atomic E-state index is 12.0. The van der Waals surface area contributed by atoms with Crippen molar-refractivity contribution in [2.45, 2.75) is 19.3 Å². The van der Waals surface area contributed by atoms with Gasteiger partial charge in [-0.15, -0.1) is 6.58 Å². The summed E-state index contributed by atoms with van der Waals surface area (Å²) in [6.45, 7) is 4.19. The largest absolute Gasteiger partial charge is 0.465 e. The molecular weight excluding hydrogens is 256 g/mol. The third-order valence-corrected chi connectivity index (χ3v) is 3.70. The van der Waals surface area contributed by atoms with Crippen LogP contribution in [0, 0.1) is 5.41 Å². The smallest absolute Gasteiger partial charge is 0.337 e. The van der Waals surface area contributed by atoms with E-state index in [1.807, 2.05) is 12.1 Å². The molecule has 1 atom stereocenters. The molecule has 0 aliphatic carbocycles. The summed E-state index contributed by atoms with van der Waals surface area (Å²) in [6, 6.07) is 7.12. The summed E-state index contributed by atoms with van der Waals surface area (Å²) >= 11 is 0. The molecule has 1 aromatic rings. The molecule has 4 heteroatoms. The van der Waals surface area contributed by atoms with E-state index in [2.05, 4.69) is 11.3 Å². The SMILES string of the molecule is C=CCC1(Cc2ccc(C(=O)OC)cc2)CCOC1=O. The maximum absolute atomic E-state index is 12.0. The summed E-state index contributed by atoms with van der Waals surface area (Å²) in [5, 5.41) is 0. The first-order chi connectivity index (χ1) is 9.61. The molecule has 106 valence electrons. The van der Waals surface area contributed by atoms with E-state index >= 15 is 0 Å². The molecule has 0 radical (unpaired) electrons. The van der Waals surface area contributed by atoms with Gasteiger partial charge in [-0.2, -0.15) is 0 Å². The van der Waals surface area contributed by atoms with Crippen LogP contribution >= 0.6 is 0 Å². The summed E-state index contributed by atoms with van der Waals surface area (Å²) in [5.41, 5.74) is 0.996. The highest BCUT2D eigenvalue weighted by Crippen LogP contribution is 2.37. The van der Waals surface area contributed by atoms with E-state index in [-0.39, 0.29) is 11.9 Å². The highest BCUT2D eigenvalue weighted by molar-refractivity contribution is 5.89. The number of rotatable bonds is 5. The Kier molecular flexibility index (Phi) is 4.23. The van der Waals surface area contributed by atoms with Gasteiger partial charge in [0.1, 0.15) is 0 Å². The summed E-state index contributed by atoms with van der Waals surface area (Å²) in [4.78, 5) is 23.3. The number of cyclic esters (lactones) is 1. The summed E-state index contributed by atoms with van der Waals surface area (Å²) in [7, 11) is 1.35. The van der Waals surface area contributed by atoms with E-state index < -0.39 is 5.41 Å². The maximum Gasteiger partial charge on any atom is 0.337 e. The number of methoxy groups -OCH3 is 1. The zero-order valence-corrected chi connectivity index (χ0v) is 11.6. The highest BCUT2D eigenvalue weighted by atomic mass is 16.5. The van der Waals surface area contributed by atoms with E-state index in [9.17, 15) is 9.59 Å². The first-order valence-electron chi connectivity index (χ1n) is 6.57. The van der Waals surface area contributed by atoms with E-state index in [4.69, 9.17) is 4.74 Å². The average molecular weight is 274 g/mol. The molecule has 4 nitrogen and oxygen atoms in total. The van der Waals surface area contributed by atoms with Crippen molar-refractivity contribution in [2.24, 2.45) is 5.41 Å². The van der Waals surface area contributed by atoms with Crippen LogP contribution in [0.4, 0.5) is 0 Å². The Balaban J connectivity index is 2.17. The van der Waals surface area contributed by atoms with Gasteiger partial charge in [0.25, 0.3) is 0 Å². The Labute approximate surface area is 118 Å². The number of carbonyl (C=O) groups excluding carboxylic acids is 2. The second-order valence-corrected chi connectivity index (χ2v) is 5.02. The van der Waals surface area contributed by atoms with Crippen molar-refractivity contribution >= 4 is 11.9 Å². The third-order valence-electron chi connectivity index (χ3n) is 3.70. The number of carbonyl (C=O) groups is 2. The van der Waals surface area contributed by atoms with Gasteiger partial charge in [-0.1, -0.05) is 18.2 Å². The predicted octanol–water partition coefficient (Wildman–Crippen LogP) is 2.53. The second-order valence-electron chi connectivity index (χ2n) is 5.02. The van der Waals surface area contributed by atoms with E-state index in [1.54, 1.807) is 18.2 Å². The Morgan fingerprint density at radius 3 is 2.65 bits per heavy atom. The number of benzene rings is 1. The monoisotopic (exact) mass is 274 g/mol. The van der Waals surface area contributed by atoms with Crippen LogP contribution in [0.5, 0.6) is 0 Å². The molecule has 1 aliphatic rings. The molecule has 1 unspecified atom stereocenters. The van der Waals surface area contributed by atoms with Crippen molar-refractivity contribution in [1.82, 2.24) is 0 Å². The lowest BCUT2D eigenvalue weighted by Crippen LogP contribution is -2.28. The normalized spacial score (nSPS) is 21.4. The van der Waals surface area contributed by atoms with Gasteiger partial charge >= 0.3 is 11.9 Å². The molecule has 0 amide bonds. The number of hydrogen-bond donors (Lipinski definition) is 0. The molecule has 0 aromatic heterocycles. The topological polar surface area (TPSA) is 52.6 Å². The quantitative estimate of drug-likeness (QED) is 0.611. The average Bonchev–Trinajstić information content (AvgIpc) is 2.80. The van der Waals surface area contributed by atoms with Crippen LogP contribution in [0.3, 0.4) is 0 Å². The molecule has 0 spiro atoms. The molecular formula is C16H18O4. The summed E-state index contributed by atoms with van der Waals surface area (Å²) in [6.07, 6.45) is 3.66. The lowest BCUT2D eigenvalue weighted by atomic mass is 9.77. The van der Waals surface area contributed by atoms with Gasteiger partial charge in [-0.3, -0.25) is 4.79 Å². The fourth-order valence-electron chi connectivity index (χ4n) is 2.56. The van der Waals surface area contributed by atoms with Crippen molar-refractivity contribution in [1.29, 1.82) is 0 Å². The summed E-state index contributed by atoms with van der Waals surface area (Å²) < 4.78 is 9.77. The van der Waals surface area contributed by atoms with Gasteiger partial charge in [0.2, 0.25) is 0 Å². The Morgan fingerprint density at radius 1 is 1.45 bits per heavy atom. The van der Waals surface area contributed by atoms with Gasteiger partial charge in [0.15, 0.2) is 0 Å². The number of esters is 2. The highest BCUT2D eigenvalue weighted by Gasteiger charge is 2.43. The van der Waals surface area contributed by atoms with Crippen molar-refractivity contribution in [3.05, 3.63) is 48.0 Å². The van der Waals surface area contributed by atoms with Crippen molar-refractivity contribution in [3.63, 3.8) is 0 Å². The van der Waals surface area contributed by atoms with Crippen molar-refractivity contribution in [3.8, 4) is 0 Å². The Bertz CT molecular complexity index is 518. The standard InChI is InChI=1S/C16H18O4/c1-3-8-16(9-10-20-15(16)18)11-12-4-6-13(7-5-12)14(17)19-2/h3-7H,1,8-11H2,2H3. The van der Waals surface area contributed by atoms with Crippen molar-refractivity contribution in [2.75, 3.05) is 13.7 Å². The van der Waals surface area contributed by atoms with Crippen LogP contribution in [0.1, 0.15) is 28.8 Å². The Morgan fingerprint density at radius 2 is 2.15 bits per heavy atom. The third kappa shape index (κ3) is 2.74. The van der Waals surface area contributed by atoms with Crippen LogP contribution < -0.4 is 0 Å². The van der Waals surface area contributed by atoms with Crippen LogP contribution in [-0.4, -0.2) is 25.7 Å². The van der Waals surface area contributed by atoms with Gasteiger partial charge in [-0.05, 0) is 37.0 Å². The number of ether oxygens (including phenoxy) is 2. The number of allylic oxidation sites excluding steroid dienone is 1. The zero-order chi connectivity index (χ0) is 14.6. The Hall–Kier alpha value is -2.10. The van der Waals surface area contributed by atoms with Crippen molar-refractivity contribution < 1.29 is 19.1 Å². The summed E-state index contributed by atoms with van der Waals surface area (Å²) in [5.74, 6) is -0.521. The predicted molar refractivity (Wildman–Crippen MR) is 74.3 cm³/mol. The van der Waals surface area contributed by atoms with Crippen LogP contribution in [0.15, 0.2) is 36.9 Å². The molecule has 1 saturated heterocycles. The lowest BCUT2D eigenvalue weighted by Gasteiger charge is -2.23. The lowest BCUT2D eigenvalue weighted by molar-refractivity contribution is -0.146. The minimum absolute atomic E-state index is 0.158. The van der Waals surface area contributed by atoms with E-state index in [0.717, 1.165) is 5.56 Å². The molecule has 1 heterocycles. The van der Waals surface area contributed by atoms with Gasteiger partial charge in [0, 0.05) is 0 Å².